The third kappa shape index (κ3) is 2.85. The third-order valence-corrected chi connectivity index (χ3v) is 2.57. The topological polar surface area (TPSA) is 17.1 Å². The van der Waals surface area contributed by atoms with Crippen molar-refractivity contribution in [3.8, 4) is 0 Å². The zero-order valence-electron chi connectivity index (χ0n) is 8.84. The molecular formula is C12H14F2O. The Balaban J connectivity index is 2.85. The summed E-state index contributed by atoms with van der Waals surface area (Å²) in [6, 6.07) is 6.42. The molecule has 3 heteroatoms. The maximum absolute atomic E-state index is 12.1. The second-order valence-electron chi connectivity index (χ2n) is 3.60. The number of ketones is 1. The van der Waals surface area contributed by atoms with E-state index < -0.39 is 12.2 Å². The Hall–Kier alpha value is -1.25. The first-order chi connectivity index (χ1) is 7.06. The van der Waals surface area contributed by atoms with Crippen LogP contribution < -0.4 is 0 Å². The zero-order valence-corrected chi connectivity index (χ0v) is 8.84. The fourth-order valence-electron chi connectivity index (χ4n) is 1.34. The molecule has 0 saturated carbocycles. The minimum atomic E-state index is -2.92. The van der Waals surface area contributed by atoms with Crippen LogP contribution in [-0.2, 0) is 0 Å². The molecule has 0 aliphatic carbocycles. The summed E-state index contributed by atoms with van der Waals surface area (Å²) < 4.78 is 24.2. The summed E-state index contributed by atoms with van der Waals surface area (Å²) in [5, 5.41) is 0. The molecule has 0 aliphatic heterocycles. The van der Waals surface area contributed by atoms with Gasteiger partial charge in [0.25, 0.3) is 0 Å². The molecule has 0 aliphatic rings. The Morgan fingerprint density at radius 1 is 1.27 bits per heavy atom. The van der Waals surface area contributed by atoms with Gasteiger partial charge < -0.3 is 0 Å². The van der Waals surface area contributed by atoms with Crippen molar-refractivity contribution in [2.45, 2.75) is 32.6 Å². The van der Waals surface area contributed by atoms with Crippen molar-refractivity contribution in [3.63, 3.8) is 0 Å². The Kier molecular flexibility index (Phi) is 3.95. The summed E-state index contributed by atoms with van der Waals surface area (Å²) in [7, 11) is 0. The van der Waals surface area contributed by atoms with Crippen LogP contribution in [0.3, 0.4) is 0 Å². The molecule has 0 fully saturated rings. The van der Waals surface area contributed by atoms with Crippen LogP contribution in [0.4, 0.5) is 8.78 Å². The van der Waals surface area contributed by atoms with E-state index in [9.17, 15) is 13.6 Å². The Labute approximate surface area is 88.1 Å². The normalized spacial score (nSPS) is 12.9. The predicted molar refractivity (Wildman–Crippen MR) is 55.5 cm³/mol. The molecule has 0 bridgehead atoms. The van der Waals surface area contributed by atoms with Crippen molar-refractivity contribution in [1.29, 1.82) is 0 Å². The molecule has 0 N–H and O–H groups in total. The lowest BCUT2D eigenvalue weighted by Gasteiger charge is -2.09. The number of carbonyl (C=O) groups is 1. The number of hydrogen-bond acceptors (Lipinski definition) is 1. The van der Waals surface area contributed by atoms with Gasteiger partial charge in [0.05, 0.1) is 0 Å². The highest BCUT2D eigenvalue weighted by molar-refractivity contribution is 5.98. The molecule has 0 amide bonds. The fourth-order valence-corrected chi connectivity index (χ4v) is 1.34. The van der Waals surface area contributed by atoms with E-state index in [1.54, 1.807) is 12.1 Å². The second kappa shape index (κ2) is 5.01. The van der Waals surface area contributed by atoms with Crippen LogP contribution >= 0.6 is 0 Å². The Morgan fingerprint density at radius 2 is 1.80 bits per heavy atom. The van der Waals surface area contributed by atoms with Gasteiger partial charge >= 0.3 is 6.43 Å². The molecule has 1 unspecified atom stereocenters. The number of alkyl halides is 2. The molecule has 1 aromatic rings. The fraction of sp³-hybridized carbons (Fsp3) is 0.417. The van der Waals surface area contributed by atoms with Crippen LogP contribution in [0.5, 0.6) is 0 Å². The monoisotopic (exact) mass is 212 g/mol. The molecule has 0 aromatic heterocycles. The molecule has 1 atom stereocenters. The van der Waals surface area contributed by atoms with Crippen LogP contribution in [0, 0.1) is 0 Å². The van der Waals surface area contributed by atoms with Gasteiger partial charge in [0.1, 0.15) is 0 Å². The molecule has 0 saturated heterocycles. The van der Waals surface area contributed by atoms with Gasteiger partial charge in [0, 0.05) is 5.56 Å². The molecule has 0 radical (unpaired) electrons. The van der Waals surface area contributed by atoms with E-state index in [-0.39, 0.29) is 5.56 Å². The van der Waals surface area contributed by atoms with Gasteiger partial charge in [-0.15, -0.1) is 0 Å². The van der Waals surface area contributed by atoms with E-state index in [1.165, 1.54) is 12.1 Å². The average molecular weight is 212 g/mol. The molecule has 82 valence electrons. The van der Waals surface area contributed by atoms with E-state index in [0.717, 1.165) is 12.0 Å². The van der Waals surface area contributed by atoms with Gasteiger partial charge in [-0.05, 0) is 17.9 Å². The largest absolute Gasteiger partial charge is 0.300 e. The highest BCUT2D eigenvalue weighted by atomic mass is 19.3. The predicted octanol–water partition coefficient (Wildman–Crippen LogP) is 3.65. The SMILES string of the molecule is CCC(C)c1ccc(C(=O)C(F)F)cc1. The van der Waals surface area contributed by atoms with Crippen molar-refractivity contribution >= 4 is 5.78 Å². The highest BCUT2D eigenvalue weighted by Gasteiger charge is 2.17. The highest BCUT2D eigenvalue weighted by Crippen LogP contribution is 2.19. The Morgan fingerprint density at radius 3 is 2.20 bits per heavy atom. The first kappa shape index (κ1) is 11.8. The van der Waals surface area contributed by atoms with E-state index >= 15 is 0 Å². The number of carbonyl (C=O) groups excluding carboxylic acids is 1. The summed E-state index contributed by atoms with van der Waals surface area (Å²) in [6.07, 6.45) is -1.93. The molecule has 1 rings (SSSR count). The van der Waals surface area contributed by atoms with Crippen molar-refractivity contribution in [2.75, 3.05) is 0 Å². The number of hydrogen-bond donors (Lipinski definition) is 0. The van der Waals surface area contributed by atoms with E-state index in [2.05, 4.69) is 13.8 Å². The molecule has 0 spiro atoms. The molecule has 1 nitrogen and oxygen atoms in total. The van der Waals surface area contributed by atoms with Gasteiger partial charge in [-0.3, -0.25) is 4.79 Å². The summed E-state index contributed by atoms with van der Waals surface area (Å²) in [5.41, 5.74) is 1.15. The minimum absolute atomic E-state index is 0.0806. The summed E-state index contributed by atoms with van der Waals surface area (Å²) in [4.78, 5) is 10.9. The lowest BCUT2D eigenvalue weighted by Crippen LogP contribution is -2.10. The van der Waals surface area contributed by atoms with Gasteiger partial charge in [0.15, 0.2) is 0 Å². The van der Waals surface area contributed by atoms with Crippen molar-refractivity contribution in [1.82, 2.24) is 0 Å². The maximum atomic E-state index is 12.1. The molecule has 15 heavy (non-hydrogen) atoms. The smallest absolute Gasteiger partial charge is 0.288 e. The standard InChI is InChI=1S/C12H14F2O/c1-3-8(2)9-4-6-10(7-5-9)11(15)12(13)14/h4-8,12H,3H2,1-2H3. The van der Waals surface area contributed by atoms with Crippen LogP contribution in [0.2, 0.25) is 0 Å². The lowest BCUT2D eigenvalue weighted by atomic mass is 9.97. The average Bonchev–Trinajstić information content (AvgIpc) is 2.27. The first-order valence-corrected chi connectivity index (χ1v) is 4.98. The van der Waals surface area contributed by atoms with E-state index in [1.807, 2.05) is 0 Å². The van der Waals surface area contributed by atoms with Crippen LogP contribution in [0.1, 0.15) is 42.1 Å². The zero-order chi connectivity index (χ0) is 11.4. The van der Waals surface area contributed by atoms with Crippen molar-refractivity contribution in [3.05, 3.63) is 35.4 Å². The van der Waals surface area contributed by atoms with Gasteiger partial charge in [-0.1, -0.05) is 38.1 Å². The maximum Gasteiger partial charge on any atom is 0.300 e. The van der Waals surface area contributed by atoms with Gasteiger partial charge in [0.2, 0.25) is 5.78 Å². The van der Waals surface area contributed by atoms with Crippen molar-refractivity contribution < 1.29 is 13.6 Å². The molecule has 1 aromatic carbocycles. The summed E-state index contributed by atoms with van der Waals surface area (Å²) in [5.74, 6) is -0.716. The first-order valence-electron chi connectivity index (χ1n) is 4.98. The van der Waals surface area contributed by atoms with Crippen LogP contribution in [0.25, 0.3) is 0 Å². The number of rotatable bonds is 4. The van der Waals surface area contributed by atoms with E-state index in [4.69, 9.17) is 0 Å². The summed E-state index contributed by atoms with van der Waals surface area (Å²) >= 11 is 0. The quantitative estimate of drug-likeness (QED) is 0.696. The summed E-state index contributed by atoms with van der Waals surface area (Å²) in [6.45, 7) is 4.12. The third-order valence-electron chi connectivity index (χ3n) is 2.57. The van der Waals surface area contributed by atoms with Gasteiger partial charge in [-0.25, -0.2) is 8.78 Å². The molecular weight excluding hydrogens is 198 g/mol. The van der Waals surface area contributed by atoms with Crippen LogP contribution in [-0.4, -0.2) is 12.2 Å². The minimum Gasteiger partial charge on any atom is -0.288 e. The number of benzene rings is 1. The lowest BCUT2D eigenvalue weighted by molar-refractivity contribution is 0.0678. The second-order valence-corrected chi connectivity index (χ2v) is 3.60. The number of Topliss-reactive ketones (excluding diaryl/α,β-unsaturated/α-hetero) is 1. The van der Waals surface area contributed by atoms with Crippen LogP contribution in [0.15, 0.2) is 24.3 Å². The molecule has 0 heterocycles. The Bertz CT molecular complexity index is 330. The van der Waals surface area contributed by atoms with Crippen molar-refractivity contribution in [2.24, 2.45) is 0 Å². The van der Waals surface area contributed by atoms with E-state index in [0.29, 0.717) is 5.92 Å². The number of halogens is 2. The van der Waals surface area contributed by atoms with Gasteiger partial charge in [-0.2, -0.15) is 0 Å².